The highest BCUT2D eigenvalue weighted by atomic mass is 35.5. The fourth-order valence-corrected chi connectivity index (χ4v) is 3.90. The first-order valence-electron chi connectivity index (χ1n) is 9.85. The van der Waals surface area contributed by atoms with Crippen LogP contribution in [0.25, 0.3) is 0 Å². The normalized spacial score (nSPS) is 15.9. The van der Waals surface area contributed by atoms with E-state index in [4.69, 9.17) is 27.9 Å². The predicted octanol–water partition coefficient (Wildman–Crippen LogP) is 3.71. The summed E-state index contributed by atoms with van der Waals surface area (Å²) >= 11 is 12.1. The van der Waals surface area contributed by atoms with Crippen molar-refractivity contribution in [1.29, 1.82) is 0 Å². The topological polar surface area (TPSA) is 75.2 Å². The number of hydrogen-bond acceptors (Lipinski definition) is 6. The molecule has 1 aromatic carbocycles. The highest BCUT2D eigenvalue weighted by Gasteiger charge is 2.28. The molecule has 1 aromatic heterocycles. The third-order valence-electron chi connectivity index (χ3n) is 4.91. The van der Waals surface area contributed by atoms with Crippen molar-refractivity contribution in [3.8, 4) is 0 Å². The summed E-state index contributed by atoms with van der Waals surface area (Å²) in [7, 11) is 3.25. The molecule has 0 atom stereocenters. The van der Waals surface area contributed by atoms with Crippen molar-refractivity contribution in [2.45, 2.75) is 0 Å². The molecule has 172 valence electrons. The first-order valence-corrected chi connectivity index (χ1v) is 10.6. The molecule has 2 aromatic rings. The van der Waals surface area contributed by atoms with Gasteiger partial charge in [-0.3, -0.25) is 9.69 Å². The van der Waals surface area contributed by atoms with E-state index in [9.17, 15) is 14.0 Å². The Morgan fingerprint density at radius 2 is 1.81 bits per heavy atom. The Kier molecular flexibility index (Phi) is 8.11. The lowest BCUT2D eigenvalue weighted by molar-refractivity contribution is 0.0742. The summed E-state index contributed by atoms with van der Waals surface area (Å²) < 4.78 is 23.7. The van der Waals surface area contributed by atoms with E-state index in [0.29, 0.717) is 54.3 Å². The van der Waals surface area contributed by atoms with E-state index < -0.39 is 17.8 Å². The van der Waals surface area contributed by atoms with Gasteiger partial charge in [0.2, 0.25) is 0 Å². The maximum absolute atomic E-state index is 14.6. The van der Waals surface area contributed by atoms with Crippen molar-refractivity contribution < 1.29 is 23.5 Å². The van der Waals surface area contributed by atoms with E-state index in [-0.39, 0.29) is 12.2 Å². The molecule has 2 amide bonds. The number of rotatable bonds is 3. The van der Waals surface area contributed by atoms with Gasteiger partial charge in [-0.1, -0.05) is 23.2 Å². The Labute approximate surface area is 195 Å². The highest BCUT2D eigenvalue weighted by molar-refractivity contribution is 6.36. The van der Waals surface area contributed by atoms with Gasteiger partial charge in [0.15, 0.2) is 0 Å². The molecule has 11 heteroatoms. The van der Waals surface area contributed by atoms with Gasteiger partial charge in [-0.25, -0.2) is 14.2 Å². The predicted molar refractivity (Wildman–Crippen MR) is 120 cm³/mol. The zero-order chi connectivity index (χ0) is 23.3. The van der Waals surface area contributed by atoms with E-state index in [2.05, 4.69) is 9.72 Å². The quantitative estimate of drug-likeness (QED) is 0.660. The second-order valence-electron chi connectivity index (χ2n) is 7.08. The number of cyclic esters (lactones) is 1. The number of carbonyl (C=O) groups excluding carboxylic acids is 2. The van der Waals surface area contributed by atoms with E-state index in [1.807, 2.05) is 4.90 Å². The molecule has 0 N–H and O–H groups in total. The molecule has 0 spiro atoms. The van der Waals surface area contributed by atoms with Gasteiger partial charge in [-0.2, -0.15) is 0 Å². The van der Waals surface area contributed by atoms with Crippen LogP contribution >= 0.6 is 23.2 Å². The molecule has 4 rings (SSSR count). The van der Waals surface area contributed by atoms with E-state index >= 15 is 0 Å². The smallest absolute Gasteiger partial charge is 0.414 e. The minimum Gasteiger partial charge on any atom is -0.447 e. The summed E-state index contributed by atoms with van der Waals surface area (Å²) in [6.07, 6.45) is 1.00. The van der Waals surface area contributed by atoms with E-state index in [1.165, 1.54) is 23.2 Å². The minimum absolute atomic E-state index is 0.0302. The molecule has 0 aliphatic carbocycles. The Morgan fingerprint density at radius 3 is 2.38 bits per heavy atom. The Hall–Kier alpha value is -2.62. The number of piperazine rings is 1. The van der Waals surface area contributed by atoms with E-state index in [1.54, 1.807) is 31.3 Å². The fourth-order valence-electron chi connectivity index (χ4n) is 3.41. The summed E-state index contributed by atoms with van der Waals surface area (Å²) in [6.45, 7) is 2.45. The van der Waals surface area contributed by atoms with Gasteiger partial charge in [-0.05, 0) is 24.3 Å². The molecule has 0 saturated carbocycles. The van der Waals surface area contributed by atoms with Crippen LogP contribution in [-0.4, -0.2) is 75.4 Å². The zero-order valence-electron chi connectivity index (χ0n) is 17.7. The van der Waals surface area contributed by atoms with Gasteiger partial charge in [0.05, 0.1) is 27.8 Å². The monoisotopic (exact) mass is 484 g/mol. The summed E-state index contributed by atoms with van der Waals surface area (Å²) in [4.78, 5) is 33.5. The molecule has 2 fully saturated rings. The van der Waals surface area contributed by atoms with Gasteiger partial charge in [-0.15, -0.1) is 0 Å². The molecule has 2 aliphatic rings. The lowest BCUT2D eigenvalue weighted by Gasteiger charge is -2.35. The van der Waals surface area contributed by atoms with Crippen molar-refractivity contribution in [3.05, 3.63) is 51.9 Å². The Balaban J connectivity index is 0.000000913. The van der Waals surface area contributed by atoms with Crippen LogP contribution < -0.4 is 9.80 Å². The van der Waals surface area contributed by atoms with Crippen molar-refractivity contribution in [3.63, 3.8) is 0 Å². The second kappa shape index (κ2) is 10.8. The first kappa shape index (κ1) is 24.0. The van der Waals surface area contributed by atoms with Crippen molar-refractivity contribution in [1.82, 2.24) is 9.88 Å². The van der Waals surface area contributed by atoms with Crippen LogP contribution in [0.2, 0.25) is 10.0 Å². The number of anilines is 2. The number of amides is 2. The van der Waals surface area contributed by atoms with Gasteiger partial charge in [0.25, 0.3) is 5.91 Å². The van der Waals surface area contributed by atoms with Gasteiger partial charge in [0.1, 0.15) is 18.2 Å². The maximum Gasteiger partial charge on any atom is 0.414 e. The van der Waals surface area contributed by atoms with Crippen LogP contribution in [0, 0.1) is 5.82 Å². The number of hydrogen-bond donors (Lipinski definition) is 0. The number of aromatic nitrogens is 1. The number of carbonyl (C=O) groups is 2. The van der Waals surface area contributed by atoms with Gasteiger partial charge >= 0.3 is 6.09 Å². The summed E-state index contributed by atoms with van der Waals surface area (Å²) in [5, 5.41) is 0.896. The van der Waals surface area contributed by atoms with Crippen LogP contribution in [0.4, 0.5) is 20.7 Å². The highest BCUT2D eigenvalue weighted by Crippen LogP contribution is 2.27. The number of ether oxygens (including phenoxy) is 2. The lowest BCUT2D eigenvalue weighted by atomic mass is 10.1. The van der Waals surface area contributed by atoms with Gasteiger partial charge < -0.3 is 19.3 Å². The molecule has 32 heavy (non-hydrogen) atoms. The van der Waals surface area contributed by atoms with Crippen LogP contribution in [0.1, 0.15) is 10.4 Å². The van der Waals surface area contributed by atoms with Crippen molar-refractivity contribution >= 4 is 46.7 Å². The Bertz CT molecular complexity index is 986. The zero-order valence-corrected chi connectivity index (χ0v) is 19.2. The number of pyridine rings is 1. The molecular formula is C21H23Cl2FN4O4. The minimum atomic E-state index is -0.669. The van der Waals surface area contributed by atoms with Crippen LogP contribution in [0.15, 0.2) is 30.5 Å². The fraction of sp³-hybridized carbons (Fsp3) is 0.381. The van der Waals surface area contributed by atoms with Crippen LogP contribution in [-0.2, 0) is 9.47 Å². The number of halogens is 3. The lowest BCUT2D eigenvalue weighted by Crippen LogP contribution is -2.49. The number of benzene rings is 1. The third kappa shape index (κ3) is 5.40. The molecule has 8 nitrogen and oxygen atoms in total. The van der Waals surface area contributed by atoms with Gasteiger partial charge in [0, 0.05) is 46.6 Å². The largest absolute Gasteiger partial charge is 0.447 e. The Morgan fingerprint density at radius 1 is 1.12 bits per heavy atom. The SMILES string of the molecule is COC.O=C(c1ccc(N2CCOC2=O)cc1F)N1CCN(c2ncc(Cl)cc2Cl)CC1. The molecule has 0 radical (unpaired) electrons. The standard InChI is InChI=1S/C19H17Cl2FN4O3.C2H6O/c20-12-9-15(21)17(23-11-12)24-3-5-25(6-4-24)18(27)14-2-1-13(10-16(14)22)26-7-8-29-19(26)28;1-3-2/h1-2,9-11H,3-8H2;1-2H3. The molecule has 2 saturated heterocycles. The molecule has 0 unspecified atom stereocenters. The average Bonchev–Trinajstić information content (AvgIpc) is 3.20. The van der Waals surface area contributed by atoms with Crippen molar-refractivity contribution in [2.24, 2.45) is 0 Å². The third-order valence-corrected chi connectivity index (χ3v) is 5.40. The molecular weight excluding hydrogens is 462 g/mol. The first-order chi connectivity index (χ1) is 15.3. The summed E-state index contributed by atoms with van der Waals surface area (Å²) in [5.74, 6) is -0.457. The van der Waals surface area contributed by atoms with Crippen molar-refractivity contribution in [2.75, 3.05) is 63.4 Å². The summed E-state index contributed by atoms with van der Waals surface area (Å²) in [6, 6.07) is 5.77. The maximum atomic E-state index is 14.6. The molecule has 0 bridgehead atoms. The number of methoxy groups -OCH3 is 1. The molecule has 2 aliphatic heterocycles. The average molecular weight is 485 g/mol. The second-order valence-corrected chi connectivity index (χ2v) is 7.92. The molecule has 3 heterocycles. The summed E-state index contributed by atoms with van der Waals surface area (Å²) in [5.41, 5.74) is 0.340. The number of nitrogens with zero attached hydrogens (tertiary/aromatic N) is 4. The van der Waals surface area contributed by atoms with Crippen LogP contribution in [0.3, 0.4) is 0 Å². The van der Waals surface area contributed by atoms with E-state index in [0.717, 1.165) is 0 Å². The van der Waals surface area contributed by atoms with Crippen LogP contribution in [0.5, 0.6) is 0 Å².